The lowest BCUT2D eigenvalue weighted by molar-refractivity contribution is -0.385. The van der Waals surface area contributed by atoms with E-state index in [0.29, 0.717) is 0 Å². The van der Waals surface area contributed by atoms with E-state index in [9.17, 15) is 10.1 Å². The first-order valence-electron chi connectivity index (χ1n) is 5.79. The Morgan fingerprint density at radius 1 is 1.16 bits per heavy atom. The van der Waals surface area contributed by atoms with Crippen LogP contribution in [0.3, 0.4) is 0 Å². The molecular weight excluding hydrogens is 262 g/mol. The van der Waals surface area contributed by atoms with Crippen molar-refractivity contribution in [2.45, 2.75) is 16.2 Å². The maximum atomic E-state index is 10.8. The predicted octanol–water partition coefficient (Wildman–Crippen LogP) is 3.66. The van der Waals surface area contributed by atoms with Crippen LogP contribution >= 0.6 is 11.8 Å². The third-order valence-electron chi connectivity index (χ3n) is 3.14. The van der Waals surface area contributed by atoms with Gasteiger partial charge in [0.2, 0.25) is 0 Å². The third-order valence-corrected chi connectivity index (χ3v) is 4.34. The Kier molecular flexibility index (Phi) is 2.91. The summed E-state index contributed by atoms with van der Waals surface area (Å²) in [7, 11) is 1.63. The van der Waals surface area contributed by atoms with Gasteiger partial charge in [0, 0.05) is 21.9 Å². The highest BCUT2D eigenvalue weighted by molar-refractivity contribution is 7.99. The van der Waals surface area contributed by atoms with Crippen molar-refractivity contribution in [1.29, 1.82) is 0 Å². The van der Waals surface area contributed by atoms with Gasteiger partial charge in [-0.1, -0.05) is 23.9 Å². The molecule has 0 aromatic heterocycles. The Hall–Kier alpha value is -2.01. The summed E-state index contributed by atoms with van der Waals surface area (Å²) >= 11 is 1.56. The summed E-state index contributed by atoms with van der Waals surface area (Å²) < 4.78 is 5.21. The van der Waals surface area contributed by atoms with Crippen LogP contribution in [0.25, 0.3) is 0 Å². The van der Waals surface area contributed by atoms with Gasteiger partial charge >= 0.3 is 0 Å². The highest BCUT2D eigenvalue weighted by Crippen LogP contribution is 2.42. The standard InChI is InChI=1S/C14H11NO3S/c1-18-12-5-3-10-6-9-2-4-11(15(16)17)7-13(9)19-14(10)8-12/h2-5,7-8H,6H2,1H3. The molecule has 5 heteroatoms. The van der Waals surface area contributed by atoms with Gasteiger partial charge in [0.05, 0.1) is 12.0 Å². The smallest absolute Gasteiger partial charge is 0.270 e. The molecule has 0 bridgehead atoms. The number of nitro benzene ring substituents is 1. The van der Waals surface area contributed by atoms with Gasteiger partial charge < -0.3 is 4.74 Å². The molecule has 1 aliphatic rings. The number of hydrogen-bond acceptors (Lipinski definition) is 4. The highest BCUT2D eigenvalue weighted by Gasteiger charge is 2.19. The lowest BCUT2D eigenvalue weighted by Gasteiger charge is -2.19. The van der Waals surface area contributed by atoms with Crippen molar-refractivity contribution < 1.29 is 9.66 Å². The quantitative estimate of drug-likeness (QED) is 0.528. The number of hydrogen-bond donors (Lipinski definition) is 0. The van der Waals surface area contributed by atoms with E-state index in [-0.39, 0.29) is 10.6 Å². The molecule has 0 aliphatic carbocycles. The van der Waals surface area contributed by atoms with E-state index in [4.69, 9.17) is 4.74 Å². The summed E-state index contributed by atoms with van der Waals surface area (Å²) in [6.07, 6.45) is 0.805. The van der Waals surface area contributed by atoms with Crippen molar-refractivity contribution in [2.75, 3.05) is 7.11 Å². The van der Waals surface area contributed by atoms with Crippen molar-refractivity contribution in [2.24, 2.45) is 0 Å². The molecule has 0 saturated heterocycles. The van der Waals surface area contributed by atoms with E-state index in [1.54, 1.807) is 31.0 Å². The van der Waals surface area contributed by atoms with E-state index in [0.717, 1.165) is 27.5 Å². The minimum Gasteiger partial charge on any atom is -0.497 e. The van der Waals surface area contributed by atoms with Crippen LogP contribution in [-0.2, 0) is 6.42 Å². The summed E-state index contributed by atoms with van der Waals surface area (Å²) in [6.45, 7) is 0. The van der Waals surface area contributed by atoms with Crippen LogP contribution in [0.1, 0.15) is 11.1 Å². The topological polar surface area (TPSA) is 52.4 Å². The molecule has 0 unspecified atom stereocenters. The molecule has 2 aromatic carbocycles. The second-order valence-electron chi connectivity index (χ2n) is 4.30. The molecule has 19 heavy (non-hydrogen) atoms. The molecule has 0 spiro atoms. The number of benzene rings is 2. The molecule has 4 nitrogen and oxygen atoms in total. The summed E-state index contributed by atoms with van der Waals surface area (Å²) in [5.74, 6) is 0.806. The summed E-state index contributed by atoms with van der Waals surface area (Å²) in [6, 6.07) is 11.0. The maximum absolute atomic E-state index is 10.8. The molecular formula is C14H11NO3S. The number of methoxy groups -OCH3 is 1. The van der Waals surface area contributed by atoms with Gasteiger partial charge in [0.25, 0.3) is 5.69 Å². The zero-order valence-electron chi connectivity index (χ0n) is 10.3. The van der Waals surface area contributed by atoms with Crippen LogP contribution in [0, 0.1) is 10.1 Å². The Bertz CT molecular complexity index is 670. The van der Waals surface area contributed by atoms with Crippen molar-refractivity contribution >= 4 is 17.4 Å². The molecule has 0 fully saturated rings. The lowest BCUT2D eigenvalue weighted by Crippen LogP contribution is -2.01. The second-order valence-corrected chi connectivity index (χ2v) is 5.39. The fourth-order valence-electron chi connectivity index (χ4n) is 2.12. The summed E-state index contributed by atoms with van der Waals surface area (Å²) in [4.78, 5) is 12.5. The Labute approximate surface area is 114 Å². The van der Waals surface area contributed by atoms with Crippen molar-refractivity contribution in [3.05, 3.63) is 57.6 Å². The number of nitro groups is 1. The van der Waals surface area contributed by atoms with Crippen LogP contribution < -0.4 is 4.74 Å². The van der Waals surface area contributed by atoms with E-state index < -0.39 is 0 Å². The van der Waals surface area contributed by atoms with E-state index in [1.807, 2.05) is 24.3 Å². The van der Waals surface area contributed by atoms with Crippen LogP contribution in [0.2, 0.25) is 0 Å². The van der Waals surface area contributed by atoms with Crippen molar-refractivity contribution in [3.63, 3.8) is 0 Å². The van der Waals surface area contributed by atoms with Gasteiger partial charge in [0.15, 0.2) is 0 Å². The van der Waals surface area contributed by atoms with Gasteiger partial charge in [0.1, 0.15) is 5.75 Å². The molecule has 0 radical (unpaired) electrons. The van der Waals surface area contributed by atoms with E-state index >= 15 is 0 Å². The van der Waals surface area contributed by atoms with Crippen LogP contribution in [-0.4, -0.2) is 12.0 Å². The van der Waals surface area contributed by atoms with E-state index in [2.05, 4.69) is 0 Å². The molecule has 2 aromatic rings. The molecule has 1 heterocycles. The molecule has 0 atom stereocenters. The molecule has 1 aliphatic heterocycles. The Morgan fingerprint density at radius 3 is 2.53 bits per heavy atom. The average molecular weight is 273 g/mol. The Morgan fingerprint density at radius 2 is 1.84 bits per heavy atom. The van der Waals surface area contributed by atoms with Crippen LogP contribution in [0.4, 0.5) is 5.69 Å². The molecule has 3 rings (SSSR count). The van der Waals surface area contributed by atoms with Crippen LogP contribution in [0.15, 0.2) is 46.2 Å². The van der Waals surface area contributed by atoms with Gasteiger partial charge in [-0.15, -0.1) is 0 Å². The minimum atomic E-state index is -0.359. The predicted molar refractivity (Wildman–Crippen MR) is 73.0 cm³/mol. The second kappa shape index (κ2) is 4.59. The fourth-order valence-corrected chi connectivity index (χ4v) is 3.26. The summed E-state index contributed by atoms with van der Waals surface area (Å²) in [5, 5.41) is 10.8. The first-order chi connectivity index (χ1) is 9.17. The molecule has 0 saturated carbocycles. The third kappa shape index (κ3) is 2.17. The van der Waals surface area contributed by atoms with Gasteiger partial charge in [-0.3, -0.25) is 10.1 Å². The maximum Gasteiger partial charge on any atom is 0.270 e. The monoisotopic (exact) mass is 273 g/mol. The molecule has 96 valence electrons. The highest BCUT2D eigenvalue weighted by atomic mass is 32.2. The minimum absolute atomic E-state index is 0.137. The zero-order valence-corrected chi connectivity index (χ0v) is 11.1. The van der Waals surface area contributed by atoms with Crippen LogP contribution in [0.5, 0.6) is 5.75 Å². The largest absolute Gasteiger partial charge is 0.497 e. The molecule has 0 N–H and O–H groups in total. The number of non-ortho nitro benzene ring substituents is 1. The van der Waals surface area contributed by atoms with Gasteiger partial charge in [-0.25, -0.2) is 0 Å². The molecule has 0 amide bonds. The number of fused-ring (bicyclic) bond motifs is 2. The van der Waals surface area contributed by atoms with Gasteiger partial charge in [-0.05, 0) is 29.7 Å². The lowest BCUT2D eigenvalue weighted by atomic mass is 10.0. The van der Waals surface area contributed by atoms with Crippen molar-refractivity contribution in [3.8, 4) is 5.75 Å². The SMILES string of the molecule is COc1ccc2c(c1)Sc1cc([N+](=O)[O-])ccc1C2. The number of nitrogens with zero attached hydrogens (tertiary/aromatic N) is 1. The normalized spacial score (nSPS) is 12.5. The number of rotatable bonds is 2. The van der Waals surface area contributed by atoms with Crippen molar-refractivity contribution in [1.82, 2.24) is 0 Å². The van der Waals surface area contributed by atoms with E-state index in [1.165, 1.54) is 5.56 Å². The number of ether oxygens (including phenoxy) is 1. The Balaban J connectivity index is 2.02. The summed E-state index contributed by atoms with van der Waals surface area (Å²) in [5.41, 5.74) is 2.50. The zero-order chi connectivity index (χ0) is 13.4. The first-order valence-corrected chi connectivity index (χ1v) is 6.61. The first kappa shape index (κ1) is 12.0. The fraction of sp³-hybridized carbons (Fsp3) is 0.143. The average Bonchev–Trinajstić information content (AvgIpc) is 2.43. The van der Waals surface area contributed by atoms with Gasteiger partial charge in [-0.2, -0.15) is 0 Å².